The first-order valence-corrected chi connectivity index (χ1v) is 11.6. The molecule has 11 heteroatoms. The monoisotopic (exact) mass is 582 g/mol. The van der Waals surface area contributed by atoms with Gasteiger partial charge in [-0.1, -0.05) is 46.9 Å². The minimum atomic E-state index is -4.46. The summed E-state index contributed by atoms with van der Waals surface area (Å²) in [5.41, 5.74) is 7.27. The van der Waals surface area contributed by atoms with Crippen molar-refractivity contribution in [1.82, 2.24) is 15.0 Å². The molecular formula is C23H19F4IN6. The van der Waals surface area contributed by atoms with Crippen LogP contribution in [-0.4, -0.2) is 19.5 Å². The number of fused-ring (bicyclic) bond motifs is 1. The highest BCUT2D eigenvalue weighted by molar-refractivity contribution is 14.1. The van der Waals surface area contributed by atoms with Gasteiger partial charge in [-0.25, -0.2) is 19.3 Å². The van der Waals surface area contributed by atoms with Crippen LogP contribution in [0.4, 0.5) is 34.9 Å². The molecule has 0 aliphatic carbocycles. The predicted molar refractivity (Wildman–Crippen MR) is 133 cm³/mol. The molecule has 6 nitrogen and oxygen atoms in total. The Labute approximate surface area is 206 Å². The first kappa shape index (κ1) is 23.9. The fraction of sp³-hybridized carbons (Fsp3) is 0.174. The number of nitrogens with zero attached hydrogens (tertiary/aromatic N) is 3. The Bertz CT molecular complexity index is 1330. The maximum Gasteiger partial charge on any atom is 0.416 e. The van der Waals surface area contributed by atoms with Gasteiger partial charge in [0.2, 0.25) is 0 Å². The van der Waals surface area contributed by atoms with Gasteiger partial charge >= 0.3 is 6.18 Å². The SMILES string of the molecule is C[C@H](Nc1ncnc(NCI)c1N)c1cc2cccc(F)c2nc1-c1ccc(C(F)(F)F)cc1. The highest BCUT2D eigenvalue weighted by atomic mass is 127. The number of benzene rings is 2. The molecule has 4 aromatic rings. The van der Waals surface area contributed by atoms with Gasteiger partial charge in [0.05, 0.1) is 21.9 Å². The third kappa shape index (κ3) is 4.83. The van der Waals surface area contributed by atoms with Gasteiger partial charge in [-0.2, -0.15) is 13.2 Å². The van der Waals surface area contributed by atoms with Crippen LogP contribution in [0.3, 0.4) is 0 Å². The van der Waals surface area contributed by atoms with Gasteiger partial charge in [-0.3, -0.25) is 0 Å². The second-order valence-electron chi connectivity index (χ2n) is 7.47. The number of para-hydroxylation sites is 1. The summed E-state index contributed by atoms with van der Waals surface area (Å²) in [5.74, 6) is 0.334. The van der Waals surface area contributed by atoms with Crippen molar-refractivity contribution in [2.45, 2.75) is 19.1 Å². The molecule has 1 atom stereocenters. The standard InChI is InChI=1S/C23H19F4IN6/c1-12(33-22-18(29)21(30-10-28)31-11-32-22)16-9-14-3-2-4-17(24)20(14)34-19(16)13-5-7-15(8-6-13)23(25,26)27/h2-9,11-12H,10,29H2,1H3,(H2,30,31,32,33)/t12-/m0/s1. The quantitative estimate of drug-likeness (QED) is 0.105. The average molecular weight is 582 g/mol. The molecule has 4 rings (SSSR count). The second kappa shape index (κ2) is 9.57. The van der Waals surface area contributed by atoms with Crippen molar-refractivity contribution in [1.29, 1.82) is 0 Å². The molecule has 0 fully saturated rings. The number of rotatable bonds is 6. The van der Waals surface area contributed by atoms with Crippen molar-refractivity contribution in [3.63, 3.8) is 0 Å². The van der Waals surface area contributed by atoms with E-state index in [1.165, 1.54) is 24.5 Å². The Kier molecular flexibility index (Phi) is 6.73. The van der Waals surface area contributed by atoms with E-state index in [0.29, 0.717) is 44.1 Å². The molecule has 2 heterocycles. The van der Waals surface area contributed by atoms with Crippen LogP contribution in [0.5, 0.6) is 0 Å². The second-order valence-corrected chi connectivity index (χ2v) is 8.24. The first-order valence-electron chi connectivity index (χ1n) is 10.1. The van der Waals surface area contributed by atoms with Crippen molar-refractivity contribution < 1.29 is 17.6 Å². The average Bonchev–Trinajstić information content (AvgIpc) is 2.81. The molecule has 176 valence electrons. The Morgan fingerprint density at radius 3 is 2.44 bits per heavy atom. The number of hydrogen-bond acceptors (Lipinski definition) is 6. The Hall–Kier alpha value is -3.22. The van der Waals surface area contributed by atoms with Crippen molar-refractivity contribution in [3.8, 4) is 11.3 Å². The molecular weight excluding hydrogens is 563 g/mol. The molecule has 34 heavy (non-hydrogen) atoms. The van der Waals surface area contributed by atoms with Gasteiger partial charge in [0, 0.05) is 16.5 Å². The molecule has 0 saturated heterocycles. The highest BCUT2D eigenvalue weighted by Crippen LogP contribution is 2.36. The van der Waals surface area contributed by atoms with Crippen LogP contribution in [0.1, 0.15) is 24.1 Å². The van der Waals surface area contributed by atoms with Crippen LogP contribution < -0.4 is 16.4 Å². The van der Waals surface area contributed by atoms with Crippen LogP contribution in [0.25, 0.3) is 22.2 Å². The lowest BCUT2D eigenvalue weighted by atomic mass is 9.97. The van der Waals surface area contributed by atoms with E-state index in [2.05, 4.69) is 48.2 Å². The lowest BCUT2D eigenvalue weighted by molar-refractivity contribution is -0.137. The molecule has 0 radical (unpaired) electrons. The van der Waals surface area contributed by atoms with Crippen molar-refractivity contribution in [2.75, 3.05) is 20.9 Å². The van der Waals surface area contributed by atoms with E-state index in [9.17, 15) is 17.6 Å². The van der Waals surface area contributed by atoms with Gasteiger partial charge in [-0.15, -0.1) is 0 Å². The minimum absolute atomic E-state index is 0.128. The number of nitrogens with two attached hydrogens (primary N) is 1. The number of nitrogens with one attached hydrogen (secondary N) is 2. The molecule has 0 aliphatic rings. The third-order valence-electron chi connectivity index (χ3n) is 5.25. The number of halogens is 5. The van der Waals surface area contributed by atoms with Crippen molar-refractivity contribution in [2.24, 2.45) is 0 Å². The number of hydrogen-bond donors (Lipinski definition) is 3. The van der Waals surface area contributed by atoms with Crippen LogP contribution in [-0.2, 0) is 6.18 Å². The number of anilines is 3. The largest absolute Gasteiger partial charge is 0.416 e. The van der Waals surface area contributed by atoms with E-state index >= 15 is 0 Å². The summed E-state index contributed by atoms with van der Waals surface area (Å²) in [6.07, 6.45) is -3.10. The Balaban J connectivity index is 1.81. The summed E-state index contributed by atoms with van der Waals surface area (Å²) >= 11 is 2.13. The molecule has 0 bridgehead atoms. The summed E-state index contributed by atoms with van der Waals surface area (Å²) in [6.45, 7) is 1.84. The van der Waals surface area contributed by atoms with Gasteiger partial charge in [0.25, 0.3) is 0 Å². The lowest BCUT2D eigenvalue weighted by Gasteiger charge is -2.21. The van der Waals surface area contributed by atoms with E-state index in [1.807, 2.05) is 6.92 Å². The van der Waals surface area contributed by atoms with Gasteiger partial charge < -0.3 is 16.4 Å². The molecule has 0 amide bonds. The van der Waals surface area contributed by atoms with Crippen molar-refractivity contribution in [3.05, 3.63) is 71.8 Å². The Morgan fingerprint density at radius 1 is 1.06 bits per heavy atom. The fourth-order valence-electron chi connectivity index (χ4n) is 3.55. The zero-order chi connectivity index (χ0) is 24.5. The zero-order valence-corrected chi connectivity index (χ0v) is 19.9. The predicted octanol–water partition coefficient (Wildman–Crippen LogP) is 6.41. The molecule has 4 N–H and O–H groups in total. The van der Waals surface area contributed by atoms with E-state index in [0.717, 1.165) is 12.1 Å². The fourth-order valence-corrected chi connectivity index (χ4v) is 3.92. The van der Waals surface area contributed by atoms with E-state index in [-0.39, 0.29) is 5.52 Å². The molecule has 0 unspecified atom stereocenters. The van der Waals surface area contributed by atoms with Gasteiger partial charge in [0.1, 0.15) is 23.3 Å². The van der Waals surface area contributed by atoms with Crippen LogP contribution in [0.15, 0.2) is 54.9 Å². The molecule has 0 saturated carbocycles. The number of pyridine rings is 1. The van der Waals surface area contributed by atoms with Gasteiger partial charge in [0.15, 0.2) is 11.6 Å². The maximum atomic E-state index is 14.5. The molecule has 0 spiro atoms. The lowest BCUT2D eigenvalue weighted by Crippen LogP contribution is -2.14. The molecule has 2 aromatic carbocycles. The van der Waals surface area contributed by atoms with E-state index < -0.39 is 23.6 Å². The molecule has 2 aromatic heterocycles. The van der Waals surface area contributed by atoms with Crippen LogP contribution in [0, 0.1) is 5.82 Å². The van der Waals surface area contributed by atoms with Crippen molar-refractivity contribution >= 4 is 50.8 Å². The summed E-state index contributed by atoms with van der Waals surface area (Å²) in [7, 11) is 0. The van der Waals surface area contributed by atoms with Crippen LogP contribution in [0.2, 0.25) is 0 Å². The number of aromatic nitrogens is 3. The highest BCUT2D eigenvalue weighted by Gasteiger charge is 2.30. The molecule has 0 aliphatic heterocycles. The number of nitrogen functional groups attached to an aromatic ring is 1. The summed E-state index contributed by atoms with van der Waals surface area (Å²) in [5, 5.41) is 6.81. The van der Waals surface area contributed by atoms with Crippen LogP contribution >= 0.6 is 22.6 Å². The van der Waals surface area contributed by atoms with Gasteiger partial charge in [-0.05, 0) is 31.2 Å². The summed E-state index contributed by atoms with van der Waals surface area (Å²) < 4.78 is 54.2. The number of alkyl halides is 4. The normalized spacial score (nSPS) is 12.5. The topological polar surface area (TPSA) is 88.8 Å². The minimum Gasteiger partial charge on any atom is -0.393 e. The third-order valence-corrected chi connectivity index (χ3v) is 5.63. The summed E-state index contributed by atoms with van der Waals surface area (Å²) in [4.78, 5) is 12.8. The van der Waals surface area contributed by atoms with E-state index in [1.54, 1.807) is 18.2 Å². The summed E-state index contributed by atoms with van der Waals surface area (Å²) in [6, 6.07) is 10.5. The first-order chi connectivity index (χ1) is 16.2. The zero-order valence-electron chi connectivity index (χ0n) is 17.8. The smallest absolute Gasteiger partial charge is 0.393 e. The Morgan fingerprint density at radius 2 is 1.76 bits per heavy atom. The van der Waals surface area contributed by atoms with E-state index in [4.69, 9.17) is 5.73 Å². The maximum absolute atomic E-state index is 14.5.